The molecule has 0 bridgehead atoms. The summed E-state index contributed by atoms with van der Waals surface area (Å²) in [6, 6.07) is 6.12. The van der Waals surface area contributed by atoms with E-state index in [1.807, 2.05) is 12.1 Å². The van der Waals surface area contributed by atoms with Crippen molar-refractivity contribution in [2.24, 2.45) is 0 Å². The molecule has 0 amide bonds. The van der Waals surface area contributed by atoms with Crippen LogP contribution < -0.4 is 4.74 Å². The molecule has 1 aromatic rings. The maximum absolute atomic E-state index is 6.26. The van der Waals surface area contributed by atoms with Crippen molar-refractivity contribution < 1.29 is 9.47 Å². The number of hydrogen-bond donors (Lipinski definition) is 0. The van der Waals surface area contributed by atoms with Gasteiger partial charge in [0, 0.05) is 13.7 Å². The lowest BCUT2D eigenvalue weighted by Gasteiger charge is -2.15. The van der Waals surface area contributed by atoms with Gasteiger partial charge in [0.1, 0.15) is 5.75 Å². The minimum atomic E-state index is 0.363. The van der Waals surface area contributed by atoms with Crippen LogP contribution in [0, 0.1) is 0 Å². The minimum Gasteiger partial charge on any atom is -0.489 e. The van der Waals surface area contributed by atoms with E-state index in [2.05, 4.69) is 6.07 Å². The van der Waals surface area contributed by atoms with Gasteiger partial charge in [-0.1, -0.05) is 17.7 Å². The maximum atomic E-state index is 6.26. The summed E-state index contributed by atoms with van der Waals surface area (Å²) in [4.78, 5) is 0. The predicted octanol–water partition coefficient (Wildman–Crippen LogP) is 4.24. The fourth-order valence-corrected chi connectivity index (χ4v) is 2.65. The first-order valence-electron chi connectivity index (χ1n) is 6.73. The largest absolute Gasteiger partial charge is 0.489 e. The number of benzene rings is 1. The van der Waals surface area contributed by atoms with Gasteiger partial charge < -0.3 is 9.47 Å². The van der Waals surface area contributed by atoms with Crippen LogP contribution in [0.4, 0.5) is 0 Å². The van der Waals surface area contributed by atoms with Crippen molar-refractivity contribution >= 4 is 11.6 Å². The molecule has 0 atom stereocenters. The Hall–Kier alpha value is -0.730. The van der Waals surface area contributed by atoms with Crippen LogP contribution in [0.3, 0.4) is 0 Å². The second kappa shape index (κ2) is 7.01. The van der Waals surface area contributed by atoms with Crippen LogP contribution in [0.1, 0.15) is 37.7 Å². The monoisotopic (exact) mass is 268 g/mol. The minimum absolute atomic E-state index is 0.363. The van der Waals surface area contributed by atoms with Crippen LogP contribution in [0.25, 0.3) is 0 Å². The van der Waals surface area contributed by atoms with Crippen molar-refractivity contribution in [1.82, 2.24) is 0 Å². The molecule has 1 aliphatic carbocycles. The molecular formula is C15H21ClO2. The summed E-state index contributed by atoms with van der Waals surface area (Å²) in [6.45, 7) is 0.790. The van der Waals surface area contributed by atoms with E-state index >= 15 is 0 Å². The Kier molecular flexibility index (Phi) is 5.33. The highest BCUT2D eigenvalue weighted by Gasteiger charge is 2.17. The molecule has 0 N–H and O–H groups in total. The third-order valence-corrected chi connectivity index (χ3v) is 3.70. The van der Waals surface area contributed by atoms with Crippen LogP contribution in [0.5, 0.6) is 5.75 Å². The maximum Gasteiger partial charge on any atom is 0.138 e. The number of methoxy groups -OCH3 is 1. The van der Waals surface area contributed by atoms with Gasteiger partial charge in [-0.2, -0.15) is 0 Å². The van der Waals surface area contributed by atoms with Gasteiger partial charge in [0.2, 0.25) is 0 Å². The molecule has 1 fully saturated rings. The molecule has 100 valence electrons. The topological polar surface area (TPSA) is 18.5 Å². The third-order valence-electron chi connectivity index (χ3n) is 3.41. The second-order valence-corrected chi connectivity index (χ2v) is 5.29. The molecule has 1 aromatic carbocycles. The van der Waals surface area contributed by atoms with Gasteiger partial charge in [0.25, 0.3) is 0 Å². The van der Waals surface area contributed by atoms with E-state index in [9.17, 15) is 0 Å². The molecule has 0 spiro atoms. The zero-order valence-corrected chi connectivity index (χ0v) is 11.7. The van der Waals surface area contributed by atoms with Crippen LogP contribution in [-0.2, 0) is 11.2 Å². The summed E-state index contributed by atoms with van der Waals surface area (Å²) in [5.41, 5.74) is 1.25. The highest BCUT2D eigenvalue weighted by atomic mass is 35.5. The lowest BCUT2D eigenvalue weighted by molar-refractivity contribution is 0.195. The Balaban J connectivity index is 1.91. The Morgan fingerprint density at radius 2 is 2.06 bits per heavy atom. The molecule has 0 unspecified atom stereocenters. The number of ether oxygens (including phenoxy) is 2. The van der Waals surface area contributed by atoms with Crippen molar-refractivity contribution in [2.45, 2.75) is 44.6 Å². The fourth-order valence-electron chi connectivity index (χ4n) is 2.40. The van der Waals surface area contributed by atoms with Crippen molar-refractivity contribution in [3.8, 4) is 5.75 Å². The van der Waals surface area contributed by atoms with Crippen LogP contribution in [0.15, 0.2) is 18.2 Å². The highest BCUT2D eigenvalue weighted by Crippen LogP contribution is 2.30. The first-order valence-corrected chi connectivity index (χ1v) is 7.11. The molecule has 1 saturated carbocycles. The summed E-state index contributed by atoms with van der Waals surface area (Å²) < 4.78 is 11.0. The lowest BCUT2D eigenvalue weighted by Crippen LogP contribution is -2.11. The van der Waals surface area contributed by atoms with E-state index in [0.717, 1.165) is 43.1 Å². The summed E-state index contributed by atoms with van der Waals surface area (Å²) >= 11 is 6.26. The van der Waals surface area contributed by atoms with Crippen molar-refractivity contribution in [1.29, 1.82) is 0 Å². The van der Waals surface area contributed by atoms with Gasteiger partial charge in [0.15, 0.2) is 0 Å². The predicted molar refractivity (Wildman–Crippen MR) is 74.5 cm³/mol. The van der Waals surface area contributed by atoms with Gasteiger partial charge in [-0.15, -0.1) is 0 Å². The van der Waals surface area contributed by atoms with Gasteiger partial charge >= 0.3 is 0 Å². The van der Waals surface area contributed by atoms with Crippen molar-refractivity contribution in [2.75, 3.05) is 13.7 Å². The first kappa shape index (κ1) is 13.7. The van der Waals surface area contributed by atoms with Gasteiger partial charge in [-0.3, -0.25) is 0 Å². The summed E-state index contributed by atoms with van der Waals surface area (Å²) in [5, 5.41) is 0.733. The van der Waals surface area contributed by atoms with Gasteiger partial charge in [-0.25, -0.2) is 0 Å². The quantitative estimate of drug-likeness (QED) is 0.719. The average Bonchev–Trinajstić information content (AvgIpc) is 2.86. The number of halogens is 1. The molecule has 0 aliphatic heterocycles. The normalized spacial score (nSPS) is 16.1. The molecule has 0 aromatic heterocycles. The van der Waals surface area contributed by atoms with Gasteiger partial charge in [-0.05, 0) is 56.2 Å². The van der Waals surface area contributed by atoms with Crippen LogP contribution in [-0.4, -0.2) is 19.8 Å². The Bertz CT molecular complexity index is 373. The smallest absolute Gasteiger partial charge is 0.138 e. The summed E-state index contributed by atoms with van der Waals surface area (Å²) in [5.74, 6) is 0.832. The fraction of sp³-hybridized carbons (Fsp3) is 0.600. The summed E-state index contributed by atoms with van der Waals surface area (Å²) in [7, 11) is 1.73. The van der Waals surface area contributed by atoms with Crippen LogP contribution >= 0.6 is 11.6 Å². The number of hydrogen-bond acceptors (Lipinski definition) is 2. The Morgan fingerprint density at radius 1 is 1.28 bits per heavy atom. The molecule has 0 saturated heterocycles. The van der Waals surface area contributed by atoms with Gasteiger partial charge in [0.05, 0.1) is 11.1 Å². The zero-order chi connectivity index (χ0) is 12.8. The first-order chi connectivity index (χ1) is 8.79. The molecule has 3 heteroatoms. The number of rotatable bonds is 6. The lowest BCUT2D eigenvalue weighted by atomic mass is 10.1. The highest BCUT2D eigenvalue weighted by molar-refractivity contribution is 6.32. The molecule has 2 nitrogen and oxygen atoms in total. The van der Waals surface area contributed by atoms with E-state index in [1.54, 1.807) is 7.11 Å². The van der Waals surface area contributed by atoms with Crippen molar-refractivity contribution in [3.05, 3.63) is 28.8 Å². The van der Waals surface area contributed by atoms with E-state index in [4.69, 9.17) is 21.1 Å². The second-order valence-electron chi connectivity index (χ2n) is 4.89. The molecule has 0 radical (unpaired) electrons. The van der Waals surface area contributed by atoms with E-state index in [0.29, 0.717) is 6.10 Å². The van der Waals surface area contributed by atoms with E-state index in [-0.39, 0.29) is 0 Å². The molecule has 0 heterocycles. The average molecular weight is 269 g/mol. The molecule has 18 heavy (non-hydrogen) atoms. The van der Waals surface area contributed by atoms with E-state index in [1.165, 1.54) is 18.4 Å². The Labute approximate surface area is 114 Å². The summed E-state index contributed by atoms with van der Waals surface area (Å²) in [6.07, 6.45) is 7.25. The van der Waals surface area contributed by atoms with Crippen molar-refractivity contribution in [3.63, 3.8) is 0 Å². The van der Waals surface area contributed by atoms with Crippen LogP contribution in [0.2, 0.25) is 5.02 Å². The molecule has 2 rings (SSSR count). The molecular weight excluding hydrogens is 248 g/mol. The Morgan fingerprint density at radius 3 is 2.72 bits per heavy atom. The third kappa shape index (κ3) is 3.89. The zero-order valence-electron chi connectivity index (χ0n) is 11.0. The van der Waals surface area contributed by atoms with E-state index < -0.39 is 0 Å². The SMILES string of the molecule is COCCCc1ccc(OC2CCCC2)c(Cl)c1. The number of aryl methyl sites for hydroxylation is 1. The molecule has 1 aliphatic rings. The standard InChI is InChI=1S/C15H21ClO2/c1-17-10-4-5-12-8-9-15(14(16)11-12)18-13-6-2-3-7-13/h8-9,11,13H,2-7,10H2,1H3.